The molecule has 7 heteroatoms. The van der Waals surface area contributed by atoms with E-state index in [0.717, 1.165) is 11.6 Å². The Morgan fingerprint density at radius 3 is 2.76 bits per heavy atom. The topological polar surface area (TPSA) is 68.1 Å². The van der Waals surface area contributed by atoms with Gasteiger partial charge in [-0.3, -0.25) is 15.1 Å². The second-order valence-corrected chi connectivity index (χ2v) is 4.44. The number of nitrogens with zero attached hydrogens (tertiary/aromatic N) is 2. The molecule has 1 aromatic heterocycles. The number of nitro benzene ring substituents is 1. The zero-order chi connectivity index (χ0) is 15.2. The summed E-state index contributed by atoms with van der Waals surface area (Å²) in [7, 11) is 0. The van der Waals surface area contributed by atoms with E-state index < -0.39 is 22.2 Å². The van der Waals surface area contributed by atoms with Crippen molar-refractivity contribution < 1.29 is 13.7 Å². The molecule has 1 aromatic carbocycles. The lowest BCUT2D eigenvalue weighted by atomic mass is 10.1. The summed E-state index contributed by atoms with van der Waals surface area (Å²) in [4.78, 5) is 13.7. The first kappa shape index (κ1) is 15.0. The van der Waals surface area contributed by atoms with Crippen molar-refractivity contribution in [2.75, 3.05) is 6.54 Å². The van der Waals surface area contributed by atoms with E-state index in [4.69, 9.17) is 0 Å². The van der Waals surface area contributed by atoms with Crippen molar-refractivity contribution in [2.45, 2.75) is 13.0 Å². The summed E-state index contributed by atoms with van der Waals surface area (Å²) < 4.78 is 26.7. The minimum Gasteiger partial charge on any atom is -0.312 e. The van der Waals surface area contributed by atoms with Gasteiger partial charge in [-0.2, -0.15) is 4.39 Å². The Hall–Kier alpha value is -2.41. The van der Waals surface area contributed by atoms with Crippen LogP contribution in [0.4, 0.5) is 14.5 Å². The molecule has 0 fully saturated rings. The molecule has 0 aliphatic heterocycles. The minimum absolute atomic E-state index is 0.0642. The average molecular weight is 293 g/mol. The number of pyridine rings is 1. The maximum atomic E-state index is 13.5. The third-order valence-electron chi connectivity index (χ3n) is 2.94. The highest BCUT2D eigenvalue weighted by molar-refractivity contribution is 5.37. The van der Waals surface area contributed by atoms with E-state index in [-0.39, 0.29) is 12.1 Å². The van der Waals surface area contributed by atoms with Crippen LogP contribution in [0.3, 0.4) is 0 Å². The SMILES string of the molecule is O=[N+]([O-])c1cc(CNCCc2cccnc2)c(F)cc1F. The van der Waals surface area contributed by atoms with Crippen molar-refractivity contribution in [1.29, 1.82) is 0 Å². The average Bonchev–Trinajstić information content (AvgIpc) is 2.46. The van der Waals surface area contributed by atoms with Gasteiger partial charge in [-0.25, -0.2) is 4.39 Å². The lowest BCUT2D eigenvalue weighted by Crippen LogP contribution is -2.18. The van der Waals surface area contributed by atoms with Gasteiger partial charge in [0.05, 0.1) is 4.92 Å². The molecule has 21 heavy (non-hydrogen) atoms. The summed E-state index contributed by atoms with van der Waals surface area (Å²) in [5.41, 5.74) is 0.366. The van der Waals surface area contributed by atoms with Crippen LogP contribution in [0.25, 0.3) is 0 Å². The predicted molar refractivity (Wildman–Crippen MR) is 72.7 cm³/mol. The molecule has 0 bridgehead atoms. The largest absolute Gasteiger partial charge is 0.312 e. The van der Waals surface area contributed by atoms with Crippen molar-refractivity contribution in [3.63, 3.8) is 0 Å². The number of aromatic nitrogens is 1. The molecule has 0 radical (unpaired) electrons. The standard InChI is InChI=1S/C14H13F2N3O2/c15-12-7-13(16)14(19(20)21)6-11(12)9-18-5-3-10-2-1-4-17-8-10/h1-2,4,6-8,18H,3,5,9H2. The maximum absolute atomic E-state index is 13.5. The predicted octanol–water partition coefficient (Wildman–Crippen LogP) is 2.60. The second-order valence-electron chi connectivity index (χ2n) is 4.44. The van der Waals surface area contributed by atoms with Gasteiger partial charge >= 0.3 is 5.69 Å². The fourth-order valence-electron chi connectivity index (χ4n) is 1.86. The molecule has 1 N–H and O–H groups in total. The monoisotopic (exact) mass is 293 g/mol. The molecule has 0 spiro atoms. The molecule has 1 heterocycles. The Balaban J connectivity index is 1.94. The van der Waals surface area contributed by atoms with Crippen molar-refractivity contribution in [3.8, 4) is 0 Å². The third-order valence-corrected chi connectivity index (χ3v) is 2.94. The van der Waals surface area contributed by atoms with E-state index >= 15 is 0 Å². The fraction of sp³-hybridized carbons (Fsp3) is 0.214. The highest BCUT2D eigenvalue weighted by atomic mass is 19.1. The highest BCUT2D eigenvalue weighted by Crippen LogP contribution is 2.21. The molecule has 0 saturated carbocycles. The van der Waals surface area contributed by atoms with Crippen LogP contribution in [-0.2, 0) is 13.0 Å². The molecule has 0 unspecified atom stereocenters. The number of rotatable bonds is 6. The van der Waals surface area contributed by atoms with Gasteiger partial charge < -0.3 is 5.32 Å². The Labute approximate surface area is 119 Å². The van der Waals surface area contributed by atoms with Gasteiger partial charge in [0.15, 0.2) is 0 Å². The first-order chi connectivity index (χ1) is 10.1. The summed E-state index contributed by atoms with van der Waals surface area (Å²) in [5.74, 6) is -1.97. The lowest BCUT2D eigenvalue weighted by Gasteiger charge is -2.06. The molecular formula is C14H13F2N3O2. The number of nitrogens with one attached hydrogen (secondary N) is 1. The normalized spacial score (nSPS) is 10.6. The van der Waals surface area contributed by atoms with Crippen LogP contribution in [0.5, 0.6) is 0 Å². The molecule has 2 aromatic rings. The van der Waals surface area contributed by atoms with Crippen molar-refractivity contribution in [1.82, 2.24) is 10.3 Å². The van der Waals surface area contributed by atoms with Crippen molar-refractivity contribution in [2.24, 2.45) is 0 Å². The Morgan fingerprint density at radius 1 is 1.29 bits per heavy atom. The smallest absolute Gasteiger partial charge is 0.305 e. The quantitative estimate of drug-likeness (QED) is 0.505. The second kappa shape index (κ2) is 6.85. The number of halogens is 2. The zero-order valence-corrected chi connectivity index (χ0v) is 11.1. The summed E-state index contributed by atoms with van der Waals surface area (Å²) in [6.45, 7) is 0.642. The number of hydrogen-bond acceptors (Lipinski definition) is 4. The molecule has 0 aliphatic carbocycles. The van der Waals surface area contributed by atoms with E-state index in [1.165, 1.54) is 0 Å². The van der Waals surface area contributed by atoms with Gasteiger partial charge in [0.2, 0.25) is 5.82 Å². The van der Waals surface area contributed by atoms with Crippen molar-refractivity contribution >= 4 is 5.69 Å². The van der Waals surface area contributed by atoms with Crippen LogP contribution in [0.2, 0.25) is 0 Å². The van der Waals surface area contributed by atoms with Crippen LogP contribution >= 0.6 is 0 Å². The van der Waals surface area contributed by atoms with Crippen molar-refractivity contribution in [3.05, 3.63) is 69.5 Å². The fourth-order valence-corrected chi connectivity index (χ4v) is 1.86. The van der Waals surface area contributed by atoms with Gasteiger partial charge in [0.25, 0.3) is 0 Å². The van der Waals surface area contributed by atoms with Crippen LogP contribution in [-0.4, -0.2) is 16.5 Å². The molecule has 0 amide bonds. The molecule has 0 atom stereocenters. The van der Waals surface area contributed by atoms with E-state index in [1.54, 1.807) is 12.4 Å². The minimum atomic E-state index is -1.17. The molecule has 0 aliphatic rings. The molecule has 5 nitrogen and oxygen atoms in total. The zero-order valence-electron chi connectivity index (χ0n) is 11.1. The Bertz CT molecular complexity index is 636. The van der Waals surface area contributed by atoms with E-state index in [2.05, 4.69) is 10.3 Å². The molecule has 110 valence electrons. The highest BCUT2D eigenvalue weighted by Gasteiger charge is 2.18. The van der Waals surface area contributed by atoms with E-state index in [9.17, 15) is 18.9 Å². The Kier molecular flexibility index (Phi) is 4.89. The van der Waals surface area contributed by atoms with Gasteiger partial charge in [-0.1, -0.05) is 6.07 Å². The number of hydrogen-bond donors (Lipinski definition) is 1. The number of nitro groups is 1. The molecule has 2 rings (SSSR count). The number of benzene rings is 1. The van der Waals surface area contributed by atoms with Crippen LogP contribution in [0.1, 0.15) is 11.1 Å². The first-order valence-corrected chi connectivity index (χ1v) is 6.30. The summed E-state index contributed by atoms with van der Waals surface area (Å²) in [6.07, 6.45) is 4.09. The summed E-state index contributed by atoms with van der Waals surface area (Å²) in [6, 6.07) is 5.19. The van der Waals surface area contributed by atoms with Crippen LogP contribution in [0.15, 0.2) is 36.7 Å². The molecule has 0 saturated heterocycles. The summed E-state index contributed by atoms with van der Waals surface area (Å²) >= 11 is 0. The summed E-state index contributed by atoms with van der Waals surface area (Å²) in [5, 5.41) is 13.6. The van der Waals surface area contributed by atoms with Gasteiger partial charge in [-0.05, 0) is 24.6 Å². The maximum Gasteiger partial charge on any atom is 0.305 e. The van der Waals surface area contributed by atoms with E-state index in [0.29, 0.717) is 19.0 Å². The van der Waals surface area contributed by atoms with Crippen LogP contribution in [0, 0.1) is 21.7 Å². The van der Waals surface area contributed by atoms with E-state index in [1.807, 2.05) is 12.1 Å². The lowest BCUT2D eigenvalue weighted by molar-refractivity contribution is -0.387. The van der Waals surface area contributed by atoms with Gasteiger partial charge in [0.1, 0.15) is 5.82 Å². The van der Waals surface area contributed by atoms with Crippen LogP contribution < -0.4 is 5.32 Å². The van der Waals surface area contributed by atoms with Gasteiger partial charge in [0, 0.05) is 36.6 Å². The first-order valence-electron chi connectivity index (χ1n) is 6.30. The molecular weight excluding hydrogens is 280 g/mol. The third kappa shape index (κ3) is 4.03. The Morgan fingerprint density at radius 2 is 2.10 bits per heavy atom. The van der Waals surface area contributed by atoms with Gasteiger partial charge in [-0.15, -0.1) is 0 Å².